The van der Waals surface area contributed by atoms with Gasteiger partial charge in [0.2, 0.25) is 0 Å². The van der Waals surface area contributed by atoms with E-state index in [-0.39, 0.29) is 11.5 Å². The molecule has 3 rings (SSSR count). The van der Waals surface area contributed by atoms with Gasteiger partial charge in [-0.3, -0.25) is 0 Å². The highest BCUT2D eigenvalue weighted by Gasteiger charge is 2.04. The molecule has 2 N–H and O–H groups in total. The van der Waals surface area contributed by atoms with Crippen molar-refractivity contribution in [3.05, 3.63) is 62.7 Å². The molecule has 0 saturated heterocycles. The molecular weight excluding hydrogens is 410 g/mol. The van der Waals surface area contributed by atoms with Crippen molar-refractivity contribution in [2.45, 2.75) is 0 Å². The average Bonchev–Trinajstić information content (AvgIpc) is 2.51. The van der Waals surface area contributed by atoms with Crippen molar-refractivity contribution < 1.29 is 10.2 Å². The summed E-state index contributed by atoms with van der Waals surface area (Å²) >= 11 is 6.61. The van der Waals surface area contributed by atoms with Crippen molar-refractivity contribution in [2.75, 3.05) is 0 Å². The smallest absolute Gasteiger partial charge is 0.143 e. The van der Waals surface area contributed by atoms with Crippen LogP contribution in [0.15, 0.2) is 51.4 Å². The van der Waals surface area contributed by atoms with E-state index >= 15 is 0 Å². The lowest BCUT2D eigenvalue weighted by Gasteiger charge is -2.03. The predicted molar refractivity (Wildman–Crippen MR) is 95.8 cm³/mol. The van der Waals surface area contributed by atoms with Gasteiger partial charge in [0.1, 0.15) is 17.0 Å². The van der Waals surface area contributed by atoms with Gasteiger partial charge in [-0.2, -0.15) is 0 Å². The number of benzene rings is 2. The fourth-order valence-electron chi connectivity index (χ4n) is 2.10. The molecule has 0 atom stereocenters. The Balaban J connectivity index is 1.97. The van der Waals surface area contributed by atoms with Gasteiger partial charge in [-0.1, -0.05) is 24.3 Å². The summed E-state index contributed by atoms with van der Waals surface area (Å²) in [6, 6.07) is 12.8. The third kappa shape index (κ3) is 3.00. The second-order valence-electron chi connectivity index (χ2n) is 4.75. The highest BCUT2D eigenvalue weighted by Crippen LogP contribution is 2.33. The minimum atomic E-state index is 0.169. The van der Waals surface area contributed by atoms with E-state index in [0.717, 1.165) is 16.6 Å². The quantitative estimate of drug-likeness (QED) is 0.588. The van der Waals surface area contributed by atoms with Crippen LogP contribution in [0.3, 0.4) is 0 Å². The minimum absolute atomic E-state index is 0.169. The van der Waals surface area contributed by atoms with Crippen LogP contribution in [0.4, 0.5) is 0 Å². The third-order valence-electron chi connectivity index (χ3n) is 3.21. The van der Waals surface area contributed by atoms with Crippen molar-refractivity contribution >= 4 is 54.9 Å². The van der Waals surface area contributed by atoms with Crippen molar-refractivity contribution in [3.63, 3.8) is 0 Å². The largest absolute Gasteiger partial charge is 0.506 e. The van der Waals surface area contributed by atoms with Crippen LogP contribution in [0.1, 0.15) is 11.3 Å². The third-order valence-corrected chi connectivity index (χ3v) is 4.42. The van der Waals surface area contributed by atoms with E-state index in [2.05, 4.69) is 36.8 Å². The molecule has 0 radical (unpaired) electrons. The topological polar surface area (TPSA) is 53.4 Å². The van der Waals surface area contributed by atoms with E-state index in [1.165, 1.54) is 0 Å². The second kappa shape index (κ2) is 6.10. The number of hydrogen-bond acceptors (Lipinski definition) is 3. The zero-order valence-corrected chi connectivity index (χ0v) is 14.5. The van der Waals surface area contributed by atoms with E-state index in [4.69, 9.17) is 0 Å². The lowest BCUT2D eigenvalue weighted by atomic mass is 10.1. The molecule has 0 unspecified atom stereocenters. The summed E-state index contributed by atoms with van der Waals surface area (Å²) in [6.07, 6.45) is 3.75. The molecule has 0 bridgehead atoms. The molecule has 3 nitrogen and oxygen atoms in total. The molecule has 1 heterocycles. The number of nitrogens with zero attached hydrogens (tertiary/aromatic N) is 1. The Morgan fingerprint density at radius 1 is 0.909 bits per heavy atom. The maximum absolute atomic E-state index is 9.86. The van der Waals surface area contributed by atoms with Gasteiger partial charge in [0.15, 0.2) is 0 Å². The molecular formula is C17H11Br2NO2. The summed E-state index contributed by atoms with van der Waals surface area (Å²) in [4.78, 5) is 4.44. The number of para-hydroxylation sites is 1. The highest BCUT2D eigenvalue weighted by atomic mass is 79.9. The number of pyridine rings is 1. The standard InChI is InChI=1S/C17H11Br2NO2/c18-13-8-10(9-14(19)17(13)22)4-6-12-7-5-11-2-1-3-15(21)16(11)20-12/h1-9,21-22H. The van der Waals surface area contributed by atoms with Gasteiger partial charge in [0.05, 0.1) is 14.6 Å². The second-order valence-corrected chi connectivity index (χ2v) is 6.46. The number of phenolic OH excluding ortho intramolecular Hbond substituents is 2. The molecule has 3 aromatic rings. The van der Waals surface area contributed by atoms with Crippen LogP contribution in [0.5, 0.6) is 11.5 Å². The van der Waals surface area contributed by atoms with Crippen molar-refractivity contribution in [3.8, 4) is 11.5 Å². The van der Waals surface area contributed by atoms with Gasteiger partial charge in [-0.15, -0.1) is 0 Å². The zero-order valence-electron chi connectivity index (χ0n) is 11.3. The van der Waals surface area contributed by atoms with Gasteiger partial charge >= 0.3 is 0 Å². The fourth-order valence-corrected chi connectivity index (χ4v) is 3.32. The van der Waals surface area contributed by atoms with Crippen LogP contribution < -0.4 is 0 Å². The molecule has 0 aliphatic carbocycles. The number of halogens is 2. The molecule has 1 aromatic heterocycles. The van der Waals surface area contributed by atoms with E-state index in [1.807, 2.05) is 42.5 Å². The van der Waals surface area contributed by atoms with E-state index < -0.39 is 0 Å². The molecule has 22 heavy (non-hydrogen) atoms. The van der Waals surface area contributed by atoms with Gasteiger partial charge in [0.25, 0.3) is 0 Å². The number of aromatic hydroxyl groups is 2. The lowest BCUT2D eigenvalue weighted by molar-refractivity contribution is 0.468. The summed E-state index contributed by atoms with van der Waals surface area (Å²) < 4.78 is 1.23. The van der Waals surface area contributed by atoms with E-state index in [0.29, 0.717) is 14.5 Å². The number of hydrogen-bond donors (Lipinski definition) is 2. The number of fused-ring (bicyclic) bond motifs is 1. The highest BCUT2D eigenvalue weighted by molar-refractivity contribution is 9.11. The first kappa shape index (κ1) is 15.1. The Morgan fingerprint density at radius 3 is 2.36 bits per heavy atom. The normalized spacial score (nSPS) is 11.4. The minimum Gasteiger partial charge on any atom is -0.506 e. The maximum Gasteiger partial charge on any atom is 0.143 e. The van der Waals surface area contributed by atoms with Crippen LogP contribution >= 0.6 is 31.9 Å². The number of aromatic nitrogens is 1. The fraction of sp³-hybridized carbons (Fsp3) is 0. The van der Waals surface area contributed by atoms with Gasteiger partial charge in [0, 0.05) is 5.39 Å². The first-order valence-electron chi connectivity index (χ1n) is 6.49. The molecule has 0 saturated carbocycles. The summed E-state index contributed by atoms with van der Waals surface area (Å²) in [7, 11) is 0. The Kier molecular flexibility index (Phi) is 4.18. The molecule has 0 fully saturated rings. The van der Waals surface area contributed by atoms with Crippen molar-refractivity contribution in [1.29, 1.82) is 0 Å². The Hall–Kier alpha value is -1.85. The Morgan fingerprint density at radius 2 is 1.64 bits per heavy atom. The number of phenols is 2. The van der Waals surface area contributed by atoms with Crippen LogP contribution in [-0.4, -0.2) is 15.2 Å². The summed E-state index contributed by atoms with van der Waals surface area (Å²) in [5.41, 5.74) is 2.24. The van der Waals surface area contributed by atoms with Crippen LogP contribution in [0.2, 0.25) is 0 Å². The van der Waals surface area contributed by atoms with Crippen molar-refractivity contribution in [2.24, 2.45) is 0 Å². The van der Waals surface area contributed by atoms with Gasteiger partial charge < -0.3 is 10.2 Å². The van der Waals surface area contributed by atoms with Gasteiger partial charge in [-0.25, -0.2) is 4.98 Å². The summed E-state index contributed by atoms with van der Waals surface area (Å²) in [5, 5.41) is 20.5. The van der Waals surface area contributed by atoms with Crippen LogP contribution in [-0.2, 0) is 0 Å². The van der Waals surface area contributed by atoms with Crippen LogP contribution in [0.25, 0.3) is 23.1 Å². The lowest BCUT2D eigenvalue weighted by Crippen LogP contribution is -1.84. The predicted octanol–water partition coefficient (Wildman–Crippen LogP) is 5.34. The Labute approximate surface area is 144 Å². The zero-order chi connectivity index (χ0) is 15.7. The molecule has 0 aliphatic heterocycles. The monoisotopic (exact) mass is 419 g/mol. The number of rotatable bonds is 2. The molecule has 0 amide bonds. The first-order chi connectivity index (χ1) is 10.5. The Bertz CT molecular complexity index is 868. The average molecular weight is 421 g/mol. The van der Waals surface area contributed by atoms with Crippen LogP contribution in [0, 0.1) is 0 Å². The van der Waals surface area contributed by atoms with Gasteiger partial charge in [-0.05, 0) is 67.8 Å². The molecule has 110 valence electrons. The molecule has 0 aliphatic rings. The van der Waals surface area contributed by atoms with E-state index in [1.54, 1.807) is 12.1 Å². The molecule has 5 heteroatoms. The summed E-state index contributed by atoms with van der Waals surface area (Å²) in [5.74, 6) is 0.341. The SMILES string of the molecule is Oc1c(Br)cc(C=Cc2ccc3cccc(O)c3n2)cc1Br. The summed E-state index contributed by atoms with van der Waals surface area (Å²) in [6.45, 7) is 0. The molecule has 0 spiro atoms. The van der Waals surface area contributed by atoms with E-state index in [9.17, 15) is 10.2 Å². The first-order valence-corrected chi connectivity index (χ1v) is 8.08. The maximum atomic E-state index is 9.86. The molecule has 2 aromatic carbocycles. The van der Waals surface area contributed by atoms with Crippen molar-refractivity contribution in [1.82, 2.24) is 4.98 Å².